The molecular formula is C13H22N3O3. The summed E-state index contributed by atoms with van der Waals surface area (Å²) >= 11 is 0. The number of hydrogen-bond donors (Lipinski definition) is 2. The molecule has 1 heterocycles. The summed E-state index contributed by atoms with van der Waals surface area (Å²) in [5.74, 6) is -0.238. The molecule has 1 aliphatic heterocycles. The van der Waals surface area contributed by atoms with Crippen molar-refractivity contribution in [2.75, 3.05) is 13.1 Å². The first-order chi connectivity index (χ1) is 9.11. The summed E-state index contributed by atoms with van der Waals surface area (Å²) < 4.78 is 0. The number of carbonyl (C=O) groups excluding carboxylic acids is 3. The van der Waals surface area contributed by atoms with Crippen molar-refractivity contribution in [3.05, 3.63) is 6.42 Å². The highest BCUT2D eigenvalue weighted by Crippen LogP contribution is 2.07. The Morgan fingerprint density at radius 3 is 2.68 bits per heavy atom. The second-order valence-electron chi connectivity index (χ2n) is 4.69. The quantitative estimate of drug-likeness (QED) is 0.685. The second kappa shape index (κ2) is 8.50. The Balaban J connectivity index is 2.49. The average molecular weight is 268 g/mol. The fraction of sp³-hybridized carbons (Fsp3) is 0.692. The Hall–Kier alpha value is -1.59. The van der Waals surface area contributed by atoms with E-state index in [1.54, 1.807) is 0 Å². The lowest BCUT2D eigenvalue weighted by molar-refractivity contribution is -0.125. The van der Waals surface area contributed by atoms with Gasteiger partial charge in [-0.1, -0.05) is 12.8 Å². The van der Waals surface area contributed by atoms with Crippen LogP contribution in [0.15, 0.2) is 0 Å². The maximum absolute atomic E-state index is 11.8. The van der Waals surface area contributed by atoms with Crippen molar-refractivity contribution in [1.82, 2.24) is 10.2 Å². The molecule has 0 bridgehead atoms. The third kappa shape index (κ3) is 6.22. The van der Waals surface area contributed by atoms with Gasteiger partial charge in [0.2, 0.25) is 11.8 Å². The van der Waals surface area contributed by atoms with E-state index in [2.05, 4.69) is 5.32 Å². The van der Waals surface area contributed by atoms with Gasteiger partial charge in [-0.3, -0.25) is 14.5 Å². The fourth-order valence-electron chi connectivity index (χ4n) is 1.98. The van der Waals surface area contributed by atoms with Gasteiger partial charge in [0.05, 0.1) is 6.42 Å². The van der Waals surface area contributed by atoms with Gasteiger partial charge in [-0.2, -0.15) is 0 Å². The minimum atomic E-state index is -0.703. The molecule has 1 aliphatic rings. The summed E-state index contributed by atoms with van der Waals surface area (Å²) in [5, 5.41) is 2.85. The van der Waals surface area contributed by atoms with Crippen LogP contribution >= 0.6 is 0 Å². The van der Waals surface area contributed by atoms with Gasteiger partial charge in [0.25, 0.3) is 0 Å². The lowest BCUT2D eigenvalue weighted by atomic mass is 10.1. The zero-order valence-electron chi connectivity index (χ0n) is 11.2. The average Bonchev–Trinajstić information content (AvgIpc) is 2.36. The van der Waals surface area contributed by atoms with Gasteiger partial charge in [-0.25, -0.2) is 4.79 Å². The van der Waals surface area contributed by atoms with Gasteiger partial charge in [0, 0.05) is 19.5 Å². The SMILES string of the molecule is NC(=O)N1CCCCCC(=O)NCCCC[CH]C1=O. The third-order valence-corrected chi connectivity index (χ3v) is 3.09. The summed E-state index contributed by atoms with van der Waals surface area (Å²) in [7, 11) is 0. The molecule has 0 aromatic rings. The molecule has 0 unspecified atom stereocenters. The van der Waals surface area contributed by atoms with Crippen molar-refractivity contribution in [2.45, 2.75) is 44.9 Å². The predicted octanol–water partition coefficient (Wildman–Crippen LogP) is 0.958. The molecule has 107 valence electrons. The predicted molar refractivity (Wildman–Crippen MR) is 70.9 cm³/mol. The molecule has 0 spiro atoms. The molecule has 4 amide bonds. The van der Waals surface area contributed by atoms with E-state index in [1.165, 1.54) is 6.42 Å². The summed E-state index contributed by atoms with van der Waals surface area (Å²) in [6.45, 7) is 0.965. The Morgan fingerprint density at radius 1 is 1.16 bits per heavy atom. The Bertz CT molecular complexity index is 331. The topological polar surface area (TPSA) is 92.5 Å². The molecule has 3 N–H and O–H groups in total. The van der Waals surface area contributed by atoms with Crippen LogP contribution in [0, 0.1) is 6.42 Å². The second-order valence-corrected chi connectivity index (χ2v) is 4.69. The maximum Gasteiger partial charge on any atom is 0.321 e. The highest BCUT2D eigenvalue weighted by molar-refractivity contribution is 5.98. The van der Waals surface area contributed by atoms with Gasteiger partial charge < -0.3 is 11.1 Å². The van der Waals surface area contributed by atoms with Crippen molar-refractivity contribution < 1.29 is 14.4 Å². The van der Waals surface area contributed by atoms with Crippen LogP contribution in [0.4, 0.5) is 4.79 Å². The zero-order chi connectivity index (χ0) is 14.1. The molecular weight excluding hydrogens is 246 g/mol. The number of amides is 4. The van der Waals surface area contributed by atoms with E-state index >= 15 is 0 Å². The molecule has 1 radical (unpaired) electrons. The first-order valence-corrected chi connectivity index (χ1v) is 6.82. The maximum atomic E-state index is 11.8. The lowest BCUT2D eigenvalue weighted by Gasteiger charge is -2.18. The summed E-state index contributed by atoms with van der Waals surface area (Å²) in [6.07, 6.45) is 6.45. The number of urea groups is 1. The van der Waals surface area contributed by atoms with Crippen molar-refractivity contribution in [3.63, 3.8) is 0 Å². The van der Waals surface area contributed by atoms with Gasteiger partial charge >= 0.3 is 6.03 Å². The van der Waals surface area contributed by atoms with Crippen LogP contribution in [0.5, 0.6) is 0 Å². The molecule has 19 heavy (non-hydrogen) atoms. The third-order valence-electron chi connectivity index (χ3n) is 3.09. The fourth-order valence-corrected chi connectivity index (χ4v) is 1.98. The highest BCUT2D eigenvalue weighted by Gasteiger charge is 2.18. The number of nitrogens with one attached hydrogen (secondary N) is 1. The van der Waals surface area contributed by atoms with Gasteiger partial charge in [-0.15, -0.1) is 0 Å². The van der Waals surface area contributed by atoms with Crippen LogP contribution in [0.2, 0.25) is 0 Å². The highest BCUT2D eigenvalue weighted by atomic mass is 16.2. The molecule has 1 saturated heterocycles. The number of primary amides is 1. The van der Waals surface area contributed by atoms with Crippen molar-refractivity contribution in [2.24, 2.45) is 5.73 Å². The van der Waals surface area contributed by atoms with E-state index < -0.39 is 6.03 Å². The number of imide groups is 1. The molecule has 6 heteroatoms. The number of nitrogens with zero attached hydrogens (tertiary/aromatic N) is 1. The summed E-state index contributed by atoms with van der Waals surface area (Å²) in [5.41, 5.74) is 5.20. The van der Waals surface area contributed by atoms with E-state index in [9.17, 15) is 14.4 Å². The monoisotopic (exact) mass is 268 g/mol. The normalized spacial score (nSPS) is 20.5. The van der Waals surface area contributed by atoms with Crippen molar-refractivity contribution in [3.8, 4) is 0 Å². The van der Waals surface area contributed by atoms with Gasteiger partial charge in [-0.05, 0) is 25.7 Å². The van der Waals surface area contributed by atoms with Crippen LogP contribution in [0.1, 0.15) is 44.9 Å². The van der Waals surface area contributed by atoms with Crippen LogP contribution < -0.4 is 11.1 Å². The van der Waals surface area contributed by atoms with E-state index in [0.29, 0.717) is 32.4 Å². The standard InChI is InChI=1S/C13H22N3O3/c14-13(19)16-10-6-2-3-7-11(17)15-9-5-1-4-8-12(16)18/h8H,1-7,9-10H2,(H2,14,19)(H,15,17). The molecule has 0 saturated carbocycles. The molecule has 0 aromatic carbocycles. The van der Waals surface area contributed by atoms with E-state index in [4.69, 9.17) is 5.73 Å². The van der Waals surface area contributed by atoms with Crippen LogP contribution in [0.3, 0.4) is 0 Å². The Morgan fingerprint density at radius 2 is 1.95 bits per heavy atom. The van der Waals surface area contributed by atoms with Crippen LogP contribution in [0.25, 0.3) is 0 Å². The van der Waals surface area contributed by atoms with Crippen LogP contribution in [-0.4, -0.2) is 35.8 Å². The van der Waals surface area contributed by atoms with Crippen molar-refractivity contribution >= 4 is 17.8 Å². The first kappa shape index (κ1) is 15.5. The number of carbonyl (C=O) groups is 3. The number of rotatable bonds is 0. The van der Waals surface area contributed by atoms with E-state index in [-0.39, 0.29) is 11.8 Å². The minimum Gasteiger partial charge on any atom is -0.356 e. The molecule has 0 atom stereocenters. The smallest absolute Gasteiger partial charge is 0.321 e. The van der Waals surface area contributed by atoms with Gasteiger partial charge in [0.15, 0.2) is 0 Å². The van der Waals surface area contributed by atoms with Gasteiger partial charge in [0.1, 0.15) is 0 Å². The molecule has 0 aliphatic carbocycles. The van der Waals surface area contributed by atoms with E-state index in [0.717, 1.165) is 30.6 Å². The van der Waals surface area contributed by atoms with Crippen LogP contribution in [-0.2, 0) is 9.59 Å². The largest absolute Gasteiger partial charge is 0.356 e. The molecule has 1 rings (SSSR count). The zero-order valence-corrected chi connectivity index (χ0v) is 11.2. The Kier molecular flexibility index (Phi) is 6.92. The molecule has 1 fully saturated rings. The summed E-state index contributed by atoms with van der Waals surface area (Å²) in [4.78, 5) is 35.5. The minimum absolute atomic E-state index is 0.0730. The number of hydrogen-bond acceptors (Lipinski definition) is 3. The first-order valence-electron chi connectivity index (χ1n) is 6.82. The Labute approximate surface area is 113 Å². The molecule has 6 nitrogen and oxygen atoms in total. The molecule has 0 aromatic heterocycles. The van der Waals surface area contributed by atoms with Crippen molar-refractivity contribution in [1.29, 1.82) is 0 Å². The number of nitrogens with two attached hydrogens (primary N) is 1. The summed E-state index contributed by atoms with van der Waals surface area (Å²) in [6, 6.07) is -0.703. The van der Waals surface area contributed by atoms with E-state index in [1.807, 2.05) is 0 Å². The lowest BCUT2D eigenvalue weighted by Crippen LogP contribution is -2.41.